The van der Waals surface area contributed by atoms with E-state index in [1.54, 1.807) is 12.3 Å². The van der Waals surface area contributed by atoms with Gasteiger partial charge in [0.05, 0.1) is 5.69 Å². The Bertz CT molecular complexity index is 765. The first kappa shape index (κ1) is 18.3. The van der Waals surface area contributed by atoms with Crippen molar-refractivity contribution in [3.63, 3.8) is 0 Å². The monoisotopic (exact) mass is 351 g/mol. The van der Waals surface area contributed by atoms with E-state index in [2.05, 4.69) is 15.2 Å². The summed E-state index contributed by atoms with van der Waals surface area (Å²) < 4.78 is 0. The summed E-state index contributed by atoms with van der Waals surface area (Å²) in [6, 6.07) is 11.0. The van der Waals surface area contributed by atoms with Crippen LogP contribution in [0.4, 0.5) is 0 Å². The standard InChI is InChI=1S/C21H25N3O2/c1-16(25)19-8-9-20(23-15-19)17-6-5-7-18(14-17)21(26)22-10-13-24-11-3-2-4-12-24/h5-9,14-15H,2-4,10-13H2,1H3,(H,22,26). The van der Waals surface area contributed by atoms with Gasteiger partial charge in [-0.15, -0.1) is 0 Å². The third kappa shape index (κ3) is 4.76. The van der Waals surface area contributed by atoms with E-state index in [1.807, 2.05) is 30.3 Å². The molecule has 1 aliphatic heterocycles. The van der Waals surface area contributed by atoms with Gasteiger partial charge in [-0.3, -0.25) is 14.6 Å². The zero-order chi connectivity index (χ0) is 18.4. The summed E-state index contributed by atoms with van der Waals surface area (Å²) >= 11 is 0. The molecule has 1 fully saturated rings. The van der Waals surface area contributed by atoms with E-state index >= 15 is 0 Å². The fourth-order valence-corrected chi connectivity index (χ4v) is 3.21. The van der Waals surface area contributed by atoms with Crippen molar-refractivity contribution in [3.05, 3.63) is 53.7 Å². The average Bonchev–Trinajstić information content (AvgIpc) is 2.69. The number of carbonyl (C=O) groups is 2. The molecule has 5 nitrogen and oxygen atoms in total. The van der Waals surface area contributed by atoms with Crippen LogP contribution in [0.2, 0.25) is 0 Å². The van der Waals surface area contributed by atoms with Crippen molar-refractivity contribution in [3.8, 4) is 11.3 Å². The first-order valence-corrected chi connectivity index (χ1v) is 9.21. The number of aromatic nitrogens is 1. The van der Waals surface area contributed by atoms with Gasteiger partial charge in [-0.25, -0.2) is 0 Å². The molecule has 0 atom stereocenters. The number of carbonyl (C=O) groups excluding carboxylic acids is 2. The number of amides is 1. The van der Waals surface area contributed by atoms with Gasteiger partial charge in [-0.1, -0.05) is 18.6 Å². The van der Waals surface area contributed by atoms with Gasteiger partial charge >= 0.3 is 0 Å². The third-order valence-electron chi connectivity index (χ3n) is 4.75. The number of rotatable bonds is 6. The van der Waals surface area contributed by atoms with Gasteiger partial charge in [0.1, 0.15) is 0 Å². The molecule has 2 heterocycles. The summed E-state index contributed by atoms with van der Waals surface area (Å²) in [6.07, 6.45) is 5.40. The molecule has 1 aromatic heterocycles. The van der Waals surface area contributed by atoms with E-state index in [1.165, 1.54) is 26.2 Å². The van der Waals surface area contributed by atoms with E-state index in [-0.39, 0.29) is 11.7 Å². The second-order valence-electron chi connectivity index (χ2n) is 6.73. The lowest BCUT2D eigenvalue weighted by Crippen LogP contribution is -2.37. The number of piperidine rings is 1. The Morgan fingerprint density at radius 2 is 1.88 bits per heavy atom. The van der Waals surface area contributed by atoms with Crippen LogP contribution in [-0.4, -0.2) is 47.8 Å². The third-order valence-corrected chi connectivity index (χ3v) is 4.75. The van der Waals surface area contributed by atoms with Crippen molar-refractivity contribution in [2.75, 3.05) is 26.2 Å². The van der Waals surface area contributed by atoms with E-state index in [0.29, 0.717) is 17.7 Å². The highest BCUT2D eigenvalue weighted by Crippen LogP contribution is 2.19. The van der Waals surface area contributed by atoms with E-state index < -0.39 is 0 Å². The molecule has 136 valence electrons. The highest BCUT2D eigenvalue weighted by Gasteiger charge is 2.11. The number of nitrogens with one attached hydrogen (secondary N) is 1. The quantitative estimate of drug-likeness (QED) is 0.812. The zero-order valence-corrected chi connectivity index (χ0v) is 15.2. The van der Waals surface area contributed by atoms with E-state index in [0.717, 1.165) is 30.9 Å². The van der Waals surface area contributed by atoms with Crippen LogP contribution < -0.4 is 5.32 Å². The number of Topliss-reactive ketones (excluding diaryl/α,β-unsaturated/α-hetero) is 1. The molecular formula is C21H25N3O2. The smallest absolute Gasteiger partial charge is 0.251 e. The normalized spacial score (nSPS) is 14.8. The van der Waals surface area contributed by atoms with Gasteiger partial charge in [0.15, 0.2) is 5.78 Å². The van der Waals surface area contributed by atoms with Gasteiger partial charge < -0.3 is 10.2 Å². The first-order valence-electron chi connectivity index (χ1n) is 9.21. The second kappa shape index (κ2) is 8.72. The molecule has 0 radical (unpaired) electrons. The number of nitrogens with zero attached hydrogens (tertiary/aromatic N) is 2. The maximum absolute atomic E-state index is 12.4. The zero-order valence-electron chi connectivity index (χ0n) is 15.2. The molecule has 5 heteroatoms. The lowest BCUT2D eigenvalue weighted by atomic mass is 10.1. The molecule has 0 bridgehead atoms. The summed E-state index contributed by atoms with van der Waals surface area (Å²) in [5, 5.41) is 3.00. The largest absolute Gasteiger partial charge is 0.351 e. The fourth-order valence-electron chi connectivity index (χ4n) is 3.21. The van der Waals surface area contributed by atoms with Crippen LogP contribution in [-0.2, 0) is 0 Å². The number of hydrogen-bond acceptors (Lipinski definition) is 4. The minimum atomic E-state index is -0.0655. The molecule has 1 aliphatic rings. The van der Waals surface area contributed by atoms with Gasteiger partial charge in [-0.05, 0) is 57.1 Å². The molecule has 1 saturated heterocycles. The number of likely N-dealkylation sites (tertiary alicyclic amines) is 1. The molecule has 0 spiro atoms. The summed E-state index contributed by atoms with van der Waals surface area (Å²) in [4.78, 5) is 30.5. The predicted octanol–water partition coefficient (Wildman–Crippen LogP) is 3.17. The molecular weight excluding hydrogens is 326 g/mol. The topological polar surface area (TPSA) is 62.3 Å². The number of hydrogen-bond donors (Lipinski definition) is 1. The predicted molar refractivity (Wildman–Crippen MR) is 102 cm³/mol. The van der Waals surface area contributed by atoms with E-state index in [9.17, 15) is 9.59 Å². The molecule has 0 aliphatic carbocycles. The van der Waals surface area contributed by atoms with Crippen molar-refractivity contribution in [2.24, 2.45) is 0 Å². The maximum Gasteiger partial charge on any atom is 0.251 e. The number of pyridine rings is 1. The average molecular weight is 351 g/mol. The van der Waals surface area contributed by atoms with Crippen molar-refractivity contribution in [1.29, 1.82) is 0 Å². The Kier molecular flexibility index (Phi) is 6.12. The SMILES string of the molecule is CC(=O)c1ccc(-c2cccc(C(=O)NCCN3CCCCC3)c2)nc1. The van der Waals surface area contributed by atoms with Crippen LogP contribution in [0.1, 0.15) is 46.9 Å². The summed E-state index contributed by atoms with van der Waals surface area (Å²) in [7, 11) is 0. The highest BCUT2D eigenvalue weighted by molar-refractivity contribution is 5.95. The number of ketones is 1. The minimum Gasteiger partial charge on any atom is -0.351 e. The van der Waals surface area contributed by atoms with Crippen LogP contribution in [0.15, 0.2) is 42.6 Å². The van der Waals surface area contributed by atoms with Gasteiger partial charge in [0.25, 0.3) is 5.91 Å². The van der Waals surface area contributed by atoms with Crippen LogP contribution in [0.5, 0.6) is 0 Å². The Balaban J connectivity index is 1.60. The van der Waals surface area contributed by atoms with Crippen LogP contribution in [0.3, 0.4) is 0 Å². The van der Waals surface area contributed by atoms with Crippen molar-refractivity contribution in [1.82, 2.24) is 15.2 Å². The molecule has 0 unspecified atom stereocenters. The Morgan fingerprint density at radius 3 is 2.58 bits per heavy atom. The van der Waals surface area contributed by atoms with Crippen molar-refractivity contribution in [2.45, 2.75) is 26.2 Å². The van der Waals surface area contributed by atoms with Gasteiger partial charge in [-0.2, -0.15) is 0 Å². The Morgan fingerprint density at radius 1 is 1.08 bits per heavy atom. The van der Waals surface area contributed by atoms with Crippen LogP contribution in [0, 0.1) is 0 Å². The molecule has 0 saturated carbocycles. The summed E-state index contributed by atoms with van der Waals surface area (Å²) in [5.41, 5.74) is 2.82. The maximum atomic E-state index is 12.4. The van der Waals surface area contributed by atoms with Crippen LogP contribution in [0.25, 0.3) is 11.3 Å². The molecule has 1 amide bonds. The fraction of sp³-hybridized carbons (Fsp3) is 0.381. The van der Waals surface area contributed by atoms with Crippen LogP contribution >= 0.6 is 0 Å². The molecule has 1 N–H and O–H groups in total. The van der Waals surface area contributed by atoms with Crippen molar-refractivity contribution < 1.29 is 9.59 Å². The second-order valence-corrected chi connectivity index (χ2v) is 6.73. The minimum absolute atomic E-state index is 0.00844. The summed E-state index contributed by atoms with van der Waals surface area (Å²) in [6.45, 7) is 5.35. The first-order chi connectivity index (χ1) is 12.6. The lowest BCUT2D eigenvalue weighted by molar-refractivity contribution is 0.0945. The lowest BCUT2D eigenvalue weighted by Gasteiger charge is -2.26. The molecule has 2 aromatic rings. The molecule has 26 heavy (non-hydrogen) atoms. The Hall–Kier alpha value is -2.53. The molecule has 3 rings (SSSR count). The van der Waals surface area contributed by atoms with Gasteiger partial charge in [0.2, 0.25) is 0 Å². The van der Waals surface area contributed by atoms with E-state index in [4.69, 9.17) is 0 Å². The molecule has 1 aromatic carbocycles. The van der Waals surface area contributed by atoms with Crippen molar-refractivity contribution >= 4 is 11.7 Å². The highest BCUT2D eigenvalue weighted by atomic mass is 16.1. The Labute approximate surface area is 154 Å². The number of benzene rings is 1. The van der Waals surface area contributed by atoms with Gasteiger partial charge in [0, 0.05) is 36.0 Å². The summed E-state index contributed by atoms with van der Waals surface area (Å²) in [5.74, 6) is -0.0740.